The van der Waals surface area contributed by atoms with Crippen LogP contribution in [0.4, 0.5) is 22.0 Å². The number of amides is 1. The minimum absolute atomic E-state index is 0.110. The standard InChI is InChI=1S/C18H16F5NO3S/c19-17(20)28(26,27)15-8-2-6-13(11-15)16(25)24-9-3-5-12-4-1-7-14(10-12)18(21,22)23/h1-2,4,6-8,10-11,17H,3,5,9H2,(H,24,25). The van der Waals surface area contributed by atoms with E-state index in [-0.39, 0.29) is 18.5 Å². The maximum Gasteiger partial charge on any atom is 0.416 e. The van der Waals surface area contributed by atoms with E-state index in [1.165, 1.54) is 24.3 Å². The van der Waals surface area contributed by atoms with Gasteiger partial charge in [-0.05, 0) is 42.7 Å². The van der Waals surface area contributed by atoms with Gasteiger partial charge in [0, 0.05) is 12.1 Å². The second kappa shape index (κ2) is 8.68. The molecule has 1 amide bonds. The van der Waals surface area contributed by atoms with Gasteiger partial charge >= 0.3 is 11.9 Å². The van der Waals surface area contributed by atoms with Gasteiger partial charge in [0.1, 0.15) is 0 Å². The van der Waals surface area contributed by atoms with E-state index < -0.39 is 38.1 Å². The highest BCUT2D eigenvalue weighted by atomic mass is 32.2. The molecule has 0 bridgehead atoms. The Hall–Kier alpha value is -2.49. The molecule has 0 radical (unpaired) electrons. The van der Waals surface area contributed by atoms with Crippen LogP contribution in [0.2, 0.25) is 0 Å². The molecule has 0 saturated heterocycles. The predicted molar refractivity (Wildman–Crippen MR) is 91.7 cm³/mol. The second-order valence-corrected chi connectivity index (χ2v) is 7.81. The number of hydrogen-bond acceptors (Lipinski definition) is 3. The van der Waals surface area contributed by atoms with Crippen LogP contribution >= 0.6 is 0 Å². The molecular formula is C18H16F5NO3S. The summed E-state index contributed by atoms with van der Waals surface area (Å²) < 4.78 is 86.1. The molecule has 0 aliphatic rings. The van der Waals surface area contributed by atoms with Crippen molar-refractivity contribution in [1.82, 2.24) is 5.32 Å². The molecule has 0 unspecified atom stereocenters. The van der Waals surface area contributed by atoms with Crippen molar-refractivity contribution in [1.29, 1.82) is 0 Å². The molecular weight excluding hydrogens is 405 g/mol. The first-order valence-electron chi connectivity index (χ1n) is 8.08. The lowest BCUT2D eigenvalue weighted by atomic mass is 10.1. The number of carbonyl (C=O) groups is 1. The summed E-state index contributed by atoms with van der Waals surface area (Å²) in [4.78, 5) is 11.4. The Labute approximate surface area is 158 Å². The topological polar surface area (TPSA) is 63.2 Å². The van der Waals surface area contributed by atoms with Crippen LogP contribution in [0.15, 0.2) is 53.4 Å². The monoisotopic (exact) mass is 421 g/mol. The smallest absolute Gasteiger partial charge is 0.352 e. The summed E-state index contributed by atoms with van der Waals surface area (Å²) in [7, 11) is -4.82. The summed E-state index contributed by atoms with van der Waals surface area (Å²) in [6.45, 7) is 0.112. The number of nitrogens with one attached hydrogen (secondary N) is 1. The average molecular weight is 421 g/mol. The van der Waals surface area contributed by atoms with Crippen LogP contribution in [0.5, 0.6) is 0 Å². The highest BCUT2D eigenvalue weighted by Crippen LogP contribution is 2.29. The van der Waals surface area contributed by atoms with Gasteiger partial charge in [0.05, 0.1) is 10.5 Å². The van der Waals surface area contributed by atoms with E-state index in [0.29, 0.717) is 12.0 Å². The molecule has 0 heterocycles. The maximum absolute atomic E-state index is 12.7. The molecule has 152 valence electrons. The third-order valence-electron chi connectivity index (χ3n) is 3.84. The molecule has 0 fully saturated rings. The highest BCUT2D eigenvalue weighted by Gasteiger charge is 2.30. The first-order chi connectivity index (χ1) is 13.0. The number of carbonyl (C=O) groups excluding carboxylic acids is 1. The molecule has 4 nitrogen and oxygen atoms in total. The average Bonchev–Trinajstić information content (AvgIpc) is 2.64. The molecule has 0 saturated carbocycles. The van der Waals surface area contributed by atoms with Crippen molar-refractivity contribution < 1.29 is 35.2 Å². The zero-order chi connectivity index (χ0) is 20.9. The quantitative estimate of drug-likeness (QED) is 0.542. The van der Waals surface area contributed by atoms with Gasteiger partial charge in [-0.1, -0.05) is 24.3 Å². The minimum Gasteiger partial charge on any atom is -0.352 e. The molecule has 0 atom stereocenters. The number of benzene rings is 2. The molecule has 0 aliphatic carbocycles. The fraction of sp³-hybridized carbons (Fsp3) is 0.278. The Morgan fingerprint density at radius 2 is 1.71 bits per heavy atom. The van der Waals surface area contributed by atoms with Gasteiger partial charge in [0.2, 0.25) is 9.84 Å². The van der Waals surface area contributed by atoms with Crippen LogP contribution in [0, 0.1) is 0 Å². The molecule has 10 heteroatoms. The van der Waals surface area contributed by atoms with Crippen molar-refractivity contribution in [3.8, 4) is 0 Å². The molecule has 0 aromatic heterocycles. The van der Waals surface area contributed by atoms with E-state index in [4.69, 9.17) is 0 Å². The van der Waals surface area contributed by atoms with Gasteiger partial charge in [-0.15, -0.1) is 0 Å². The van der Waals surface area contributed by atoms with E-state index in [0.717, 1.165) is 24.3 Å². The van der Waals surface area contributed by atoms with Crippen molar-refractivity contribution in [2.75, 3.05) is 6.54 Å². The zero-order valence-corrected chi connectivity index (χ0v) is 15.2. The van der Waals surface area contributed by atoms with Crippen molar-refractivity contribution in [3.63, 3.8) is 0 Å². The third kappa shape index (κ3) is 5.51. The summed E-state index contributed by atoms with van der Waals surface area (Å²) in [5.41, 5.74) is -0.416. The van der Waals surface area contributed by atoms with Crippen LogP contribution < -0.4 is 5.32 Å². The van der Waals surface area contributed by atoms with Gasteiger partial charge in [-0.25, -0.2) is 8.42 Å². The third-order valence-corrected chi connectivity index (χ3v) is 5.22. The van der Waals surface area contributed by atoms with E-state index in [9.17, 15) is 35.2 Å². The van der Waals surface area contributed by atoms with Gasteiger partial charge < -0.3 is 5.32 Å². The van der Waals surface area contributed by atoms with Crippen LogP contribution in [-0.4, -0.2) is 26.6 Å². The number of rotatable bonds is 7. The van der Waals surface area contributed by atoms with Crippen LogP contribution in [0.25, 0.3) is 0 Å². The minimum atomic E-state index is -4.82. The fourth-order valence-electron chi connectivity index (χ4n) is 2.42. The van der Waals surface area contributed by atoms with Crippen LogP contribution in [0.3, 0.4) is 0 Å². The van der Waals surface area contributed by atoms with Gasteiger partial charge in [0.15, 0.2) is 0 Å². The summed E-state index contributed by atoms with van der Waals surface area (Å²) in [5, 5.41) is 2.48. The summed E-state index contributed by atoms with van der Waals surface area (Å²) in [5.74, 6) is -4.27. The SMILES string of the molecule is O=C(NCCCc1cccc(C(F)(F)F)c1)c1cccc(S(=O)(=O)C(F)F)c1. The number of hydrogen-bond donors (Lipinski definition) is 1. The molecule has 2 rings (SSSR count). The first kappa shape index (κ1) is 21.8. The molecule has 2 aromatic carbocycles. The van der Waals surface area contributed by atoms with Crippen LogP contribution in [-0.2, 0) is 22.4 Å². The Balaban J connectivity index is 1.93. The van der Waals surface area contributed by atoms with Gasteiger partial charge in [-0.2, -0.15) is 22.0 Å². The van der Waals surface area contributed by atoms with Gasteiger partial charge in [-0.3, -0.25) is 4.79 Å². The lowest BCUT2D eigenvalue weighted by Gasteiger charge is -2.09. The Morgan fingerprint density at radius 3 is 2.36 bits per heavy atom. The lowest BCUT2D eigenvalue weighted by molar-refractivity contribution is -0.137. The number of aryl methyl sites for hydroxylation is 1. The van der Waals surface area contributed by atoms with E-state index in [1.807, 2.05) is 0 Å². The molecule has 28 heavy (non-hydrogen) atoms. The predicted octanol–water partition coefficient (Wildman–Crippen LogP) is 4.06. The number of alkyl halides is 5. The number of halogens is 5. The number of sulfone groups is 1. The zero-order valence-electron chi connectivity index (χ0n) is 14.3. The Bertz CT molecular complexity index is 942. The van der Waals surface area contributed by atoms with Crippen molar-refractivity contribution in [2.24, 2.45) is 0 Å². The lowest BCUT2D eigenvalue weighted by Crippen LogP contribution is -2.25. The molecule has 1 N–H and O–H groups in total. The fourth-order valence-corrected chi connectivity index (χ4v) is 3.18. The Morgan fingerprint density at radius 1 is 1.04 bits per heavy atom. The molecule has 0 spiro atoms. The molecule has 0 aliphatic heterocycles. The Kier molecular flexibility index (Phi) is 6.76. The van der Waals surface area contributed by atoms with Crippen molar-refractivity contribution >= 4 is 15.7 Å². The summed E-state index contributed by atoms with van der Waals surface area (Å²) in [6.07, 6.45) is -3.82. The van der Waals surface area contributed by atoms with E-state index in [2.05, 4.69) is 5.32 Å². The first-order valence-corrected chi connectivity index (χ1v) is 9.63. The van der Waals surface area contributed by atoms with Crippen molar-refractivity contribution in [3.05, 3.63) is 65.2 Å². The van der Waals surface area contributed by atoms with Crippen molar-refractivity contribution in [2.45, 2.75) is 29.7 Å². The van der Waals surface area contributed by atoms with Gasteiger partial charge in [0.25, 0.3) is 5.91 Å². The highest BCUT2D eigenvalue weighted by molar-refractivity contribution is 7.91. The van der Waals surface area contributed by atoms with Crippen LogP contribution in [0.1, 0.15) is 27.9 Å². The largest absolute Gasteiger partial charge is 0.416 e. The normalized spacial score (nSPS) is 12.2. The summed E-state index contributed by atoms with van der Waals surface area (Å²) >= 11 is 0. The molecule has 2 aromatic rings. The van der Waals surface area contributed by atoms with E-state index >= 15 is 0 Å². The summed E-state index contributed by atoms with van der Waals surface area (Å²) in [6, 6.07) is 9.09. The maximum atomic E-state index is 12.7. The second-order valence-electron chi connectivity index (χ2n) is 5.89. The van der Waals surface area contributed by atoms with E-state index in [1.54, 1.807) is 0 Å².